The maximum Gasteiger partial charge on any atom is 0.332 e. The molecule has 7 nitrogen and oxygen atoms in total. The Balaban J connectivity index is 1.80. The molecule has 4 rings (SSSR count). The van der Waals surface area contributed by atoms with Crippen molar-refractivity contribution in [3.8, 4) is 11.5 Å². The van der Waals surface area contributed by atoms with Crippen LogP contribution in [0.25, 0.3) is 0 Å². The lowest BCUT2D eigenvalue weighted by Gasteiger charge is -2.32. The summed E-state index contributed by atoms with van der Waals surface area (Å²) in [6.45, 7) is 1.90. The molecular formula is C19H24N4O3. The van der Waals surface area contributed by atoms with Crippen molar-refractivity contribution in [2.45, 2.75) is 37.3 Å². The molecule has 3 N–H and O–H groups in total. The first-order valence-corrected chi connectivity index (χ1v) is 8.87. The van der Waals surface area contributed by atoms with Crippen molar-refractivity contribution in [1.29, 1.82) is 0 Å². The van der Waals surface area contributed by atoms with Gasteiger partial charge in [0.25, 0.3) is 0 Å². The monoisotopic (exact) mass is 356 g/mol. The molecule has 0 aromatic heterocycles. The summed E-state index contributed by atoms with van der Waals surface area (Å²) in [5.74, 6) is 1.64. The van der Waals surface area contributed by atoms with Crippen LogP contribution in [0.2, 0.25) is 0 Å². The number of benzene rings is 1. The minimum atomic E-state index is -0.666. The van der Waals surface area contributed by atoms with Gasteiger partial charge in [0.15, 0.2) is 11.5 Å². The molecule has 3 aliphatic rings. The van der Waals surface area contributed by atoms with Crippen LogP contribution in [-0.4, -0.2) is 43.4 Å². The van der Waals surface area contributed by atoms with Gasteiger partial charge >= 0.3 is 6.03 Å². The smallest absolute Gasteiger partial charge is 0.332 e. The van der Waals surface area contributed by atoms with E-state index in [2.05, 4.69) is 34.6 Å². The van der Waals surface area contributed by atoms with E-state index in [-0.39, 0.29) is 11.5 Å². The van der Waals surface area contributed by atoms with E-state index in [0.29, 0.717) is 6.42 Å². The number of hydrogen-bond donors (Lipinski definition) is 2. The van der Waals surface area contributed by atoms with Crippen LogP contribution >= 0.6 is 0 Å². The van der Waals surface area contributed by atoms with Crippen LogP contribution in [0.4, 0.5) is 4.79 Å². The highest BCUT2D eigenvalue weighted by atomic mass is 16.5. The standard InChI is InChI=1S/C19H24N4O3/c1-23-9-8-19-7-3-4-13(21-22-18(20)24)10-15(19)26-17-14(25-2)6-5-12(11-23)16(17)19/h3-6,15H,7-11H2,1-2H3,(H3,20,22,24)/b21-13-. The van der Waals surface area contributed by atoms with Crippen molar-refractivity contribution in [2.75, 3.05) is 20.7 Å². The third-order valence-corrected chi connectivity index (χ3v) is 5.68. The zero-order valence-corrected chi connectivity index (χ0v) is 15.1. The number of hydrogen-bond acceptors (Lipinski definition) is 5. The zero-order valence-electron chi connectivity index (χ0n) is 15.1. The van der Waals surface area contributed by atoms with Gasteiger partial charge in [-0.1, -0.05) is 12.1 Å². The maximum absolute atomic E-state index is 11.0. The molecule has 1 aromatic carbocycles. The number of amides is 2. The Hall–Kier alpha value is -2.54. The summed E-state index contributed by atoms with van der Waals surface area (Å²) >= 11 is 0. The molecule has 0 saturated carbocycles. The maximum atomic E-state index is 11.0. The van der Waals surface area contributed by atoms with Crippen LogP contribution in [0.3, 0.4) is 0 Å². The van der Waals surface area contributed by atoms with Gasteiger partial charge in [0.2, 0.25) is 0 Å². The number of methoxy groups -OCH3 is 1. The summed E-state index contributed by atoms with van der Waals surface area (Å²) in [4.78, 5) is 13.4. The van der Waals surface area contributed by atoms with E-state index >= 15 is 0 Å². The van der Waals surface area contributed by atoms with Crippen LogP contribution in [0.15, 0.2) is 29.4 Å². The van der Waals surface area contributed by atoms with Gasteiger partial charge in [-0.25, -0.2) is 10.2 Å². The summed E-state index contributed by atoms with van der Waals surface area (Å²) in [7, 11) is 3.83. The summed E-state index contributed by atoms with van der Waals surface area (Å²) in [6, 6.07) is 3.48. The summed E-state index contributed by atoms with van der Waals surface area (Å²) in [6.07, 6.45) is 6.52. The number of ether oxygens (including phenoxy) is 2. The van der Waals surface area contributed by atoms with Gasteiger partial charge < -0.3 is 20.1 Å². The number of nitrogens with two attached hydrogens (primary N) is 1. The predicted molar refractivity (Wildman–Crippen MR) is 98.6 cm³/mol. The number of primary amides is 1. The lowest BCUT2D eigenvalue weighted by Crippen LogP contribution is -2.40. The fourth-order valence-electron chi connectivity index (χ4n) is 4.47. The molecule has 2 aliphatic heterocycles. The second-order valence-electron chi connectivity index (χ2n) is 7.27. The largest absolute Gasteiger partial charge is 0.493 e. The highest BCUT2D eigenvalue weighted by molar-refractivity contribution is 5.96. The lowest BCUT2D eigenvalue weighted by atomic mass is 9.70. The van der Waals surface area contributed by atoms with Crippen molar-refractivity contribution in [3.63, 3.8) is 0 Å². The van der Waals surface area contributed by atoms with Gasteiger partial charge in [0.1, 0.15) is 6.10 Å². The van der Waals surface area contributed by atoms with Crippen LogP contribution in [0, 0.1) is 0 Å². The Morgan fingerprint density at radius 2 is 2.35 bits per heavy atom. The Kier molecular flexibility index (Phi) is 4.11. The summed E-state index contributed by atoms with van der Waals surface area (Å²) in [5, 5.41) is 4.14. The number of nitrogens with zero attached hydrogens (tertiary/aromatic N) is 2. The third kappa shape index (κ3) is 2.63. The molecule has 0 fully saturated rings. The summed E-state index contributed by atoms with van der Waals surface area (Å²) in [5.41, 5.74) is 10.7. The number of allylic oxidation sites excluding steroid dienone is 2. The molecule has 1 aromatic rings. The van der Waals surface area contributed by atoms with E-state index in [1.807, 2.05) is 12.1 Å². The molecule has 1 aliphatic carbocycles. The molecular weight excluding hydrogens is 332 g/mol. The Labute approximate surface area is 152 Å². The van der Waals surface area contributed by atoms with Crippen molar-refractivity contribution >= 4 is 11.7 Å². The molecule has 0 radical (unpaired) electrons. The number of carbonyl (C=O) groups is 1. The molecule has 138 valence electrons. The molecule has 7 heteroatoms. The number of carbonyl (C=O) groups excluding carboxylic acids is 1. The lowest BCUT2D eigenvalue weighted by molar-refractivity contribution is 0.136. The second-order valence-corrected chi connectivity index (χ2v) is 7.27. The molecule has 2 heterocycles. The van der Waals surface area contributed by atoms with Gasteiger partial charge in [0.05, 0.1) is 12.8 Å². The van der Waals surface area contributed by atoms with Crippen LogP contribution in [0.1, 0.15) is 30.4 Å². The quantitative estimate of drug-likeness (QED) is 0.792. The SMILES string of the molecule is COc1ccc2c3c1OC1C/C(=N\NC(N)=O)C=CCC31CCN(C)C2. The number of hydrazone groups is 1. The minimum absolute atomic E-state index is 0.0533. The Bertz CT molecular complexity index is 804. The number of nitrogens with one attached hydrogen (secondary N) is 1. The van der Waals surface area contributed by atoms with E-state index in [0.717, 1.165) is 43.1 Å². The van der Waals surface area contributed by atoms with Crippen LogP contribution in [-0.2, 0) is 12.0 Å². The van der Waals surface area contributed by atoms with Gasteiger partial charge in [-0.15, -0.1) is 0 Å². The van der Waals surface area contributed by atoms with E-state index in [4.69, 9.17) is 15.2 Å². The van der Waals surface area contributed by atoms with Crippen molar-refractivity contribution < 1.29 is 14.3 Å². The fraction of sp³-hybridized carbons (Fsp3) is 0.474. The molecule has 2 unspecified atom stereocenters. The first-order chi connectivity index (χ1) is 12.5. The number of urea groups is 1. The first-order valence-electron chi connectivity index (χ1n) is 8.87. The van der Waals surface area contributed by atoms with Crippen molar-refractivity contribution in [2.24, 2.45) is 10.8 Å². The summed E-state index contributed by atoms with van der Waals surface area (Å²) < 4.78 is 12.0. The average Bonchev–Trinajstić information content (AvgIpc) is 2.73. The topological polar surface area (TPSA) is 89.2 Å². The highest BCUT2D eigenvalue weighted by Gasteiger charge is 2.52. The molecule has 2 amide bonds. The van der Waals surface area contributed by atoms with Gasteiger partial charge in [-0.05, 0) is 44.1 Å². The van der Waals surface area contributed by atoms with E-state index < -0.39 is 6.03 Å². The van der Waals surface area contributed by atoms with Crippen molar-refractivity contribution in [3.05, 3.63) is 35.4 Å². The van der Waals surface area contributed by atoms with E-state index in [1.165, 1.54) is 11.1 Å². The predicted octanol–water partition coefficient (Wildman–Crippen LogP) is 1.90. The average molecular weight is 356 g/mol. The highest BCUT2D eigenvalue weighted by Crippen LogP contribution is 2.55. The van der Waals surface area contributed by atoms with E-state index in [9.17, 15) is 4.79 Å². The minimum Gasteiger partial charge on any atom is -0.493 e. The zero-order chi connectivity index (χ0) is 18.3. The van der Waals surface area contributed by atoms with Crippen LogP contribution < -0.4 is 20.6 Å². The molecule has 0 bridgehead atoms. The Morgan fingerprint density at radius 1 is 1.50 bits per heavy atom. The normalized spacial score (nSPS) is 28.5. The van der Waals surface area contributed by atoms with E-state index in [1.54, 1.807) is 7.11 Å². The molecule has 26 heavy (non-hydrogen) atoms. The fourth-order valence-corrected chi connectivity index (χ4v) is 4.47. The van der Waals surface area contributed by atoms with Gasteiger partial charge in [-0.3, -0.25) is 0 Å². The van der Waals surface area contributed by atoms with Gasteiger partial charge in [0, 0.05) is 23.9 Å². The molecule has 0 saturated heterocycles. The second kappa shape index (κ2) is 6.32. The van der Waals surface area contributed by atoms with Gasteiger partial charge in [-0.2, -0.15) is 5.10 Å². The molecule has 1 spiro atoms. The first kappa shape index (κ1) is 16.9. The van der Waals surface area contributed by atoms with Crippen LogP contribution in [0.5, 0.6) is 11.5 Å². The number of rotatable bonds is 2. The van der Waals surface area contributed by atoms with Crippen molar-refractivity contribution in [1.82, 2.24) is 10.3 Å². The third-order valence-electron chi connectivity index (χ3n) is 5.68. The molecule has 2 atom stereocenters. The Morgan fingerprint density at radius 3 is 3.12 bits per heavy atom.